The molecule has 0 saturated heterocycles. The number of hydrogen-bond acceptors (Lipinski definition) is 6. The Kier molecular flexibility index (Phi) is 6.11. The number of pyridine rings is 1. The molecule has 9 heteroatoms. The number of carboxylic acids is 1. The Labute approximate surface area is 172 Å². The SMILES string of the molecule is COc1cc(C2NC(=O)NC(C)=C2C(=O)O)ccc1OC(=O)C=Cc1ccncc1. The van der Waals surface area contributed by atoms with Crippen LogP contribution in [0.25, 0.3) is 6.08 Å². The Balaban J connectivity index is 1.83. The third-order valence-electron chi connectivity index (χ3n) is 4.35. The summed E-state index contributed by atoms with van der Waals surface area (Å²) in [4.78, 5) is 39.5. The van der Waals surface area contributed by atoms with Crippen LogP contribution in [0.4, 0.5) is 4.79 Å². The molecule has 2 heterocycles. The van der Waals surface area contributed by atoms with Gasteiger partial charge < -0.3 is 25.2 Å². The van der Waals surface area contributed by atoms with Crippen LogP contribution >= 0.6 is 0 Å². The van der Waals surface area contributed by atoms with Crippen molar-refractivity contribution in [3.8, 4) is 11.5 Å². The Bertz CT molecular complexity index is 1050. The van der Waals surface area contributed by atoms with E-state index in [-0.39, 0.29) is 22.8 Å². The van der Waals surface area contributed by atoms with Crippen LogP contribution in [-0.2, 0) is 9.59 Å². The largest absolute Gasteiger partial charge is 0.493 e. The van der Waals surface area contributed by atoms with Gasteiger partial charge in [-0.15, -0.1) is 0 Å². The number of nitrogens with zero attached hydrogens (tertiary/aromatic N) is 1. The lowest BCUT2D eigenvalue weighted by atomic mass is 9.95. The molecule has 0 saturated carbocycles. The summed E-state index contributed by atoms with van der Waals surface area (Å²) in [6.07, 6.45) is 6.06. The number of allylic oxidation sites excluding steroid dienone is 1. The summed E-state index contributed by atoms with van der Waals surface area (Å²) < 4.78 is 10.6. The van der Waals surface area contributed by atoms with E-state index in [2.05, 4.69) is 15.6 Å². The topological polar surface area (TPSA) is 127 Å². The second kappa shape index (κ2) is 8.91. The molecular weight excluding hydrogens is 390 g/mol. The molecule has 1 aromatic heterocycles. The number of methoxy groups -OCH3 is 1. The summed E-state index contributed by atoms with van der Waals surface area (Å²) in [6, 6.07) is 6.63. The first-order valence-electron chi connectivity index (χ1n) is 8.88. The number of carboxylic acid groups (broad SMARTS) is 1. The number of rotatable bonds is 6. The number of carbonyl (C=O) groups is 3. The summed E-state index contributed by atoms with van der Waals surface area (Å²) in [6.45, 7) is 1.51. The lowest BCUT2D eigenvalue weighted by Crippen LogP contribution is -2.45. The standard InChI is InChI=1S/C21H19N3O6/c1-12-18(20(26)27)19(24-21(28)23-12)14-4-5-15(16(11-14)29-2)30-17(25)6-3-13-7-9-22-10-8-13/h3-11,19H,1-2H3,(H,26,27)(H2,23,24,28). The minimum atomic E-state index is -1.17. The third kappa shape index (κ3) is 4.64. The van der Waals surface area contributed by atoms with Crippen LogP contribution in [0.2, 0.25) is 0 Å². The number of ether oxygens (including phenoxy) is 2. The number of carbonyl (C=O) groups excluding carboxylic acids is 2. The molecule has 3 N–H and O–H groups in total. The van der Waals surface area contributed by atoms with Gasteiger partial charge in [-0.05, 0) is 48.4 Å². The molecule has 2 aromatic rings. The summed E-state index contributed by atoms with van der Waals surface area (Å²) in [5.74, 6) is -1.41. The molecule has 0 spiro atoms. The zero-order valence-corrected chi connectivity index (χ0v) is 16.2. The third-order valence-corrected chi connectivity index (χ3v) is 4.35. The molecule has 1 aromatic carbocycles. The fourth-order valence-corrected chi connectivity index (χ4v) is 2.96. The van der Waals surface area contributed by atoms with Crippen molar-refractivity contribution in [2.75, 3.05) is 7.11 Å². The predicted molar refractivity (Wildman–Crippen MR) is 107 cm³/mol. The lowest BCUT2D eigenvalue weighted by Gasteiger charge is -2.27. The van der Waals surface area contributed by atoms with Crippen molar-refractivity contribution in [3.63, 3.8) is 0 Å². The maximum absolute atomic E-state index is 12.1. The molecule has 0 aliphatic carbocycles. The van der Waals surface area contributed by atoms with Crippen LogP contribution in [0.5, 0.6) is 11.5 Å². The Morgan fingerprint density at radius 1 is 1.17 bits per heavy atom. The molecule has 1 unspecified atom stereocenters. The van der Waals surface area contributed by atoms with E-state index in [9.17, 15) is 19.5 Å². The maximum atomic E-state index is 12.1. The van der Waals surface area contributed by atoms with Gasteiger partial charge in [0, 0.05) is 24.2 Å². The highest BCUT2D eigenvalue weighted by molar-refractivity contribution is 5.94. The smallest absolute Gasteiger partial charge is 0.336 e. The van der Waals surface area contributed by atoms with Crippen molar-refractivity contribution >= 4 is 24.0 Å². The number of amides is 2. The van der Waals surface area contributed by atoms with E-state index in [4.69, 9.17) is 9.47 Å². The predicted octanol–water partition coefficient (Wildman–Crippen LogP) is 2.42. The molecule has 1 atom stereocenters. The van der Waals surface area contributed by atoms with Gasteiger partial charge in [0.1, 0.15) is 0 Å². The fraction of sp³-hybridized carbons (Fsp3) is 0.143. The molecule has 3 rings (SSSR count). The Morgan fingerprint density at radius 3 is 2.57 bits per heavy atom. The molecule has 0 bridgehead atoms. The normalized spacial score (nSPS) is 16.1. The highest BCUT2D eigenvalue weighted by Gasteiger charge is 2.31. The number of nitrogens with one attached hydrogen (secondary N) is 2. The van der Waals surface area contributed by atoms with E-state index in [1.165, 1.54) is 32.2 Å². The number of aromatic nitrogens is 1. The maximum Gasteiger partial charge on any atom is 0.336 e. The van der Waals surface area contributed by atoms with Crippen molar-refractivity contribution in [3.05, 3.63) is 71.2 Å². The van der Waals surface area contributed by atoms with Gasteiger partial charge in [0.2, 0.25) is 0 Å². The number of esters is 1. The van der Waals surface area contributed by atoms with E-state index >= 15 is 0 Å². The number of hydrogen-bond donors (Lipinski definition) is 3. The van der Waals surface area contributed by atoms with Gasteiger partial charge in [0.15, 0.2) is 11.5 Å². The quantitative estimate of drug-likeness (QED) is 0.380. The van der Waals surface area contributed by atoms with Gasteiger partial charge in [0.05, 0.1) is 18.7 Å². The summed E-state index contributed by atoms with van der Waals surface area (Å²) in [5, 5.41) is 14.5. The first-order chi connectivity index (χ1) is 14.4. The molecule has 2 amide bonds. The Hall–Kier alpha value is -4.14. The first kappa shape index (κ1) is 20.6. The van der Waals surface area contributed by atoms with Crippen LogP contribution in [0, 0.1) is 0 Å². The van der Waals surface area contributed by atoms with Gasteiger partial charge in [-0.2, -0.15) is 0 Å². The van der Waals surface area contributed by atoms with E-state index < -0.39 is 24.0 Å². The van der Waals surface area contributed by atoms with Crippen LogP contribution in [0.1, 0.15) is 24.1 Å². The zero-order chi connectivity index (χ0) is 21.7. The van der Waals surface area contributed by atoms with Crippen molar-refractivity contribution in [2.45, 2.75) is 13.0 Å². The van der Waals surface area contributed by atoms with Gasteiger partial charge in [-0.25, -0.2) is 14.4 Å². The molecule has 30 heavy (non-hydrogen) atoms. The number of aliphatic carboxylic acids is 1. The monoisotopic (exact) mass is 409 g/mol. The molecule has 0 fully saturated rings. The number of benzene rings is 1. The van der Waals surface area contributed by atoms with E-state index in [1.807, 2.05) is 0 Å². The van der Waals surface area contributed by atoms with Gasteiger partial charge in [-0.1, -0.05) is 6.07 Å². The van der Waals surface area contributed by atoms with Gasteiger partial charge >= 0.3 is 18.0 Å². The van der Waals surface area contributed by atoms with Crippen molar-refractivity contribution < 1.29 is 29.0 Å². The van der Waals surface area contributed by atoms with Crippen molar-refractivity contribution in [1.82, 2.24) is 15.6 Å². The summed E-state index contributed by atoms with van der Waals surface area (Å²) in [5.41, 5.74) is 1.49. The first-order valence-corrected chi connectivity index (χ1v) is 8.88. The average molecular weight is 409 g/mol. The van der Waals surface area contributed by atoms with Gasteiger partial charge in [0.25, 0.3) is 0 Å². The van der Waals surface area contributed by atoms with Crippen molar-refractivity contribution in [2.24, 2.45) is 0 Å². The minimum absolute atomic E-state index is 0.00156. The van der Waals surface area contributed by atoms with Gasteiger partial charge in [-0.3, -0.25) is 4.98 Å². The summed E-state index contributed by atoms with van der Waals surface area (Å²) >= 11 is 0. The average Bonchev–Trinajstić information content (AvgIpc) is 2.72. The molecule has 1 aliphatic heterocycles. The van der Waals surface area contributed by atoms with Crippen LogP contribution in [0.3, 0.4) is 0 Å². The van der Waals surface area contributed by atoms with Crippen LogP contribution in [0.15, 0.2) is 60.1 Å². The highest BCUT2D eigenvalue weighted by atomic mass is 16.6. The van der Waals surface area contributed by atoms with E-state index in [0.29, 0.717) is 5.56 Å². The van der Waals surface area contributed by atoms with Crippen LogP contribution < -0.4 is 20.1 Å². The molecule has 9 nitrogen and oxygen atoms in total. The second-order valence-corrected chi connectivity index (χ2v) is 6.32. The zero-order valence-electron chi connectivity index (χ0n) is 16.2. The Morgan fingerprint density at radius 2 is 1.90 bits per heavy atom. The minimum Gasteiger partial charge on any atom is -0.493 e. The molecular formula is C21H19N3O6. The summed E-state index contributed by atoms with van der Waals surface area (Å²) in [7, 11) is 1.39. The second-order valence-electron chi connectivity index (χ2n) is 6.32. The molecule has 154 valence electrons. The number of urea groups is 1. The molecule has 0 radical (unpaired) electrons. The lowest BCUT2D eigenvalue weighted by molar-refractivity contribution is -0.133. The molecule has 1 aliphatic rings. The fourth-order valence-electron chi connectivity index (χ4n) is 2.96. The van der Waals surface area contributed by atoms with Crippen molar-refractivity contribution in [1.29, 1.82) is 0 Å². The van der Waals surface area contributed by atoms with Crippen LogP contribution in [-0.4, -0.2) is 35.2 Å². The van der Waals surface area contributed by atoms with E-state index in [1.54, 1.807) is 36.7 Å². The highest BCUT2D eigenvalue weighted by Crippen LogP contribution is 2.34. The van der Waals surface area contributed by atoms with E-state index in [0.717, 1.165) is 5.56 Å².